The van der Waals surface area contributed by atoms with Crippen molar-refractivity contribution in [3.05, 3.63) is 34.6 Å². The summed E-state index contributed by atoms with van der Waals surface area (Å²) in [5, 5.41) is 8.53. The zero-order chi connectivity index (χ0) is 9.56. The Morgan fingerprint density at radius 2 is 2.25 bits per heavy atom. The van der Waals surface area contributed by atoms with Crippen molar-refractivity contribution < 1.29 is 9.50 Å². The van der Waals surface area contributed by atoms with E-state index < -0.39 is 5.83 Å². The summed E-state index contributed by atoms with van der Waals surface area (Å²) in [4.78, 5) is 0. The molecule has 0 radical (unpaired) electrons. The Morgan fingerprint density at radius 1 is 1.67 bits per heavy atom. The highest BCUT2D eigenvalue weighted by Gasteiger charge is 1.99. The normalized spacial score (nSPS) is 13.3. The first kappa shape index (κ1) is 11.6. The van der Waals surface area contributed by atoms with Crippen LogP contribution in [-0.2, 0) is 0 Å². The Morgan fingerprint density at radius 3 is 2.67 bits per heavy atom. The Kier molecular flexibility index (Phi) is 5.93. The molecule has 1 N–H and O–H groups in total. The van der Waals surface area contributed by atoms with Gasteiger partial charge < -0.3 is 5.11 Å². The van der Waals surface area contributed by atoms with Gasteiger partial charge in [0.15, 0.2) is 0 Å². The zero-order valence-corrected chi connectivity index (χ0v) is 8.57. The number of hydrogen-bond donors (Lipinski definition) is 1. The molecule has 0 aromatic heterocycles. The van der Waals surface area contributed by atoms with Crippen LogP contribution in [0.1, 0.15) is 13.3 Å². The third-order valence-electron chi connectivity index (χ3n) is 1.19. The largest absolute Gasteiger partial charge is 0.392 e. The van der Waals surface area contributed by atoms with Gasteiger partial charge in [0.05, 0.1) is 6.61 Å². The molecule has 0 aromatic carbocycles. The second-order valence-electron chi connectivity index (χ2n) is 2.25. The van der Waals surface area contributed by atoms with Gasteiger partial charge in [0.25, 0.3) is 0 Å². The van der Waals surface area contributed by atoms with Gasteiger partial charge in [0.1, 0.15) is 5.83 Å². The van der Waals surface area contributed by atoms with Crippen molar-refractivity contribution in [1.82, 2.24) is 0 Å². The fraction of sp³-hybridized carbons (Fsp3) is 0.333. The zero-order valence-electron chi connectivity index (χ0n) is 6.98. The molecule has 12 heavy (non-hydrogen) atoms. The SMILES string of the molecule is C=C(CO)/C(F)=C\C(Br)=C/CC. The van der Waals surface area contributed by atoms with E-state index in [1.807, 2.05) is 13.0 Å². The van der Waals surface area contributed by atoms with Gasteiger partial charge >= 0.3 is 0 Å². The minimum absolute atomic E-state index is 0.0939. The van der Waals surface area contributed by atoms with Crippen LogP contribution in [0.25, 0.3) is 0 Å². The maximum absolute atomic E-state index is 12.9. The van der Waals surface area contributed by atoms with Crippen LogP contribution in [0.15, 0.2) is 34.6 Å². The first-order valence-electron chi connectivity index (χ1n) is 3.63. The molecule has 0 aliphatic carbocycles. The Labute approximate surface area is 80.4 Å². The number of aliphatic hydroxyl groups is 1. The molecule has 1 nitrogen and oxygen atoms in total. The van der Waals surface area contributed by atoms with E-state index in [1.54, 1.807) is 0 Å². The number of halogens is 2. The second-order valence-corrected chi connectivity index (χ2v) is 3.17. The Bertz CT molecular complexity index is 219. The predicted octanol–water partition coefficient (Wildman–Crippen LogP) is 3.08. The van der Waals surface area contributed by atoms with Crippen molar-refractivity contribution in [2.24, 2.45) is 0 Å². The lowest BCUT2D eigenvalue weighted by Gasteiger charge is -1.96. The van der Waals surface area contributed by atoms with Crippen molar-refractivity contribution in [2.75, 3.05) is 6.61 Å². The molecule has 68 valence electrons. The van der Waals surface area contributed by atoms with Crippen LogP contribution in [0.2, 0.25) is 0 Å². The van der Waals surface area contributed by atoms with E-state index >= 15 is 0 Å². The molecule has 0 spiro atoms. The smallest absolute Gasteiger partial charge is 0.129 e. The molecule has 0 aliphatic rings. The van der Waals surface area contributed by atoms with Crippen LogP contribution < -0.4 is 0 Å². The molecule has 0 fully saturated rings. The molecule has 0 heterocycles. The van der Waals surface area contributed by atoms with E-state index in [0.29, 0.717) is 4.48 Å². The van der Waals surface area contributed by atoms with Gasteiger partial charge in [0.2, 0.25) is 0 Å². The first-order chi connectivity index (χ1) is 5.61. The average molecular weight is 235 g/mol. The summed E-state index contributed by atoms with van der Waals surface area (Å²) in [6.45, 7) is 4.94. The maximum atomic E-state index is 12.9. The minimum atomic E-state index is -0.492. The lowest BCUT2D eigenvalue weighted by atomic mass is 10.2. The monoisotopic (exact) mass is 234 g/mol. The molecule has 0 bridgehead atoms. The fourth-order valence-electron chi connectivity index (χ4n) is 0.553. The minimum Gasteiger partial charge on any atom is -0.392 e. The van der Waals surface area contributed by atoms with Crippen LogP contribution in [0.3, 0.4) is 0 Å². The summed E-state index contributed by atoms with van der Waals surface area (Å²) < 4.78 is 13.6. The van der Waals surface area contributed by atoms with Gasteiger partial charge in [-0.1, -0.05) is 35.5 Å². The van der Waals surface area contributed by atoms with Gasteiger partial charge in [-0.05, 0) is 12.5 Å². The standard InChI is InChI=1S/C9H12BrFO/c1-3-4-8(10)5-9(11)7(2)6-12/h4-5,12H,2-3,6H2,1H3/b8-4+,9-5+. The molecular weight excluding hydrogens is 223 g/mol. The van der Waals surface area contributed by atoms with E-state index in [4.69, 9.17) is 5.11 Å². The average Bonchev–Trinajstić information content (AvgIpc) is 2.03. The molecule has 0 rings (SSSR count). The first-order valence-corrected chi connectivity index (χ1v) is 4.43. The summed E-state index contributed by atoms with van der Waals surface area (Å²) in [5.74, 6) is -0.492. The highest BCUT2D eigenvalue weighted by Crippen LogP contribution is 2.16. The van der Waals surface area contributed by atoms with E-state index in [9.17, 15) is 4.39 Å². The van der Waals surface area contributed by atoms with Crippen LogP contribution in [-0.4, -0.2) is 11.7 Å². The van der Waals surface area contributed by atoms with Crippen LogP contribution in [0.4, 0.5) is 4.39 Å². The number of hydrogen-bond acceptors (Lipinski definition) is 1. The third kappa shape index (κ3) is 4.46. The quantitative estimate of drug-likeness (QED) is 0.742. The van der Waals surface area contributed by atoms with Crippen molar-refractivity contribution in [3.63, 3.8) is 0 Å². The molecule has 0 amide bonds. The van der Waals surface area contributed by atoms with Gasteiger partial charge in [0, 0.05) is 10.1 Å². The van der Waals surface area contributed by atoms with E-state index in [2.05, 4.69) is 22.5 Å². The van der Waals surface area contributed by atoms with Crippen molar-refractivity contribution in [3.8, 4) is 0 Å². The number of allylic oxidation sites excluding steroid dienone is 3. The molecule has 0 unspecified atom stereocenters. The Balaban J connectivity index is 4.35. The van der Waals surface area contributed by atoms with Crippen LogP contribution in [0.5, 0.6) is 0 Å². The molecular formula is C9H12BrFO. The van der Waals surface area contributed by atoms with E-state index in [0.717, 1.165) is 6.42 Å². The van der Waals surface area contributed by atoms with Crippen molar-refractivity contribution in [1.29, 1.82) is 0 Å². The lowest BCUT2D eigenvalue weighted by Crippen LogP contribution is -1.88. The summed E-state index contributed by atoms with van der Waals surface area (Å²) in [6.07, 6.45) is 3.95. The predicted molar refractivity (Wildman–Crippen MR) is 52.7 cm³/mol. The van der Waals surface area contributed by atoms with Gasteiger partial charge in [-0.15, -0.1) is 0 Å². The van der Waals surface area contributed by atoms with Gasteiger partial charge in [-0.2, -0.15) is 0 Å². The Hall–Kier alpha value is -0.410. The van der Waals surface area contributed by atoms with E-state index in [-0.39, 0.29) is 12.2 Å². The third-order valence-corrected chi connectivity index (χ3v) is 1.75. The lowest BCUT2D eigenvalue weighted by molar-refractivity contribution is 0.328. The number of rotatable bonds is 4. The fourth-order valence-corrected chi connectivity index (χ4v) is 1.08. The van der Waals surface area contributed by atoms with Crippen LogP contribution in [0, 0.1) is 0 Å². The summed E-state index contributed by atoms with van der Waals surface area (Å²) in [6, 6.07) is 0. The topological polar surface area (TPSA) is 20.2 Å². The van der Waals surface area contributed by atoms with Gasteiger partial charge in [-0.3, -0.25) is 0 Å². The highest BCUT2D eigenvalue weighted by molar-refractivity contribution is 9.11. The second kappa shape index (κ2) is 6.14. The summed E-state index contributed by atoms with van der Waals surface area (Å²) in [7, 11) is 0. The molecule has 0 aromatic rings. The summed E-state index contributed by atoms with van der Waals surface area (Å²) >= 11 is 3.16. The van der Waals surface area contributed by atoms with Crippen LogP contribution >= 0.6 is 15.9 Å². The molecule has 0 aliphatic heterocycles. The molecule has 3 heteroatoms. The molecule has 0 atom stereocenters. The van der Waals surface area contributed by atoms with Gasteiger partial charge in [-0.25, -0.2) is 4.39 Å². The molecule has 0 saturated heterocycles. The number of aliphatic hydroxyl groups excluding tert-OH is 1. The van der Waals surface area contributed by atoms with Crippen molar-refractivity contribution >= 4 is 15.9 Å². The van der Waals surface area contributed by atoms with E-state index in [1.165, 1.54) is 6.08 Å². The highest BCUT2D eigenvalue weighted by atomic mass is 79.9. The molecule has 0 saturated carbocycles. The van der Waals surface area contributed by atoms with Crippen molar-refractivity contribution in [2.45, 2.75) is 13.3 Å². The maximum Gasteiger partial charge on any atom is 0.129 e. The summed E-state index contributed by atoms with van der Waals surface area (Å²) in [5.41, 5.74) is 0.0939.